The minimum Gasteiger partial charge on any atom is -0.495 e. The molecule has 8 heteroatoms. The Balaban J connectivity index is 0.00000364. The highest BCUT2D eigenvalue weighted by Crippen LogP contribution is 2.24. The zero-order chi connectivity index (χ0) is 18.9. The summed E-state index contributed by atoms with van der Waals surface area (Å²) in [5.74, 6) is 0.728. The van der Waals surface area contributed by atoms with Crippen LogP contribution in [0, 0.1) is 0 Å². The number of carbonyl (C=O) groups is 2. The van der Waals surface area contributed by atoms with Crippen LogP contribution >= 0.6 is 24.2 Å². The van der Waals surface area contributed by atoms with Gasteiger partial charge in [-0.1, -0.05) is 18.2 Å². The van der Waals surface area contributed by atoms with E-state index in [1.807, 2.05) is 12.3 Å². The molecule has 2 aromatic carbocycles. The van der Waals surface area contributed by atoms with Gasteiger partial charge >= 0.3 is 0 Å². The predicted octanol–water partition coefficient (Wildman–Crippen LogP) is 3.19. The summed E-state index contributed by atoms with van der Waals surface area (Å²) in [7, 11) is 1.53. The van der Waals surface area contributed by atoms with Gasteiger partial charge in [0.25, 0.3) is 5.91 Å². The molecule has 0 aliphatic heterocycles. The lowest BCUT2D eigenvalue weighted by Crippen LogP contribution is -2.44. The summed E-state index contributed by atoms with van der Waals surface area (Å²) in [6.45, 7) is 0. The monoisotopic (exact) mass is 409 g/mol. The first-order valence-electron chi connectivity index (χ1n) is 8.14. The van der Waals surface area contributed by atoms with Gasteiger partial charge in [-0.3, -0.25) is 9.59 Å². The minimum atomic E-state index is -0.640. The maximum Gasteiger partial charge on any atom is 0.251 e. The zero-order valence-corrected chi connectivity index (χ0v) is 16.9. The maximum atomic E-state index is 12.6. The van der Waals surface area contributed by atoms with Gasteiger partial charge in [-0.2, -0.15) is 11.8 Å². The van der Waals surface area contributed by atoms with Crippen molar-refractivity contribution in [1.82, 2.24) is 5.32 Å². The molecule has 2 aromatic rings. The number of hydrogen-bond donors (Lipinski definition) is 3. The molecule has 2 rings (SSSR count). The summed E-state index contributed by atoms with van der Waals surface area (Å²) < 4.78 is 5.11. The summed E-state index contributed by atoms with van der Waals surface area (Å²) in [6, 6.07) is 13.2. The van der Waals surface area contributed by atoms with E-state index in [4.69, 9.17) is 10.5 Å². The third-order valence-corrected chi connectivity index (χ3v) is 4.41. The molecule has 0 aromatic heterocycles. The predicted molar refractivity (Wildman–Crippen MR) is 114 cm³/mol. The van der Waals surface area contributed by atoms with Crippen LogP contribution < -0.4 is 21.1 Å². The summed E-state index contributed by atoms with van der Waals surface area (Å²) >= 11 is 1.62. The van der Waals surface area contributed by atoms with Gasteiger partial charge in [0.1, 0.15) is 11.8 Å². The SMILES string of the molecule is COc1ccc(NC(=O)C(CCSC)NC(=O)c2ccccc2)cc1N.Cl. The number of methoxy groups -OCH3 is 1. The fraction of sp³-hybridized carbons (Fsp3) is 0.263. The summed E-state index contributed by atoms with van der Waals surface area (Å²) in [4.78, 5) is 25.0. The fourth-order valence-electron chi connectivity index (χ4n) is 2.38. The van der Waals surface area contributed by atoms with E-state index >= 15 is 0 Å². The standard InChI is InChI=1S/C19H23N3O3S.ClH/c1-25-17-9-8-14(12-15(17)20)21-19(24)16(10-11-26-2)22-18(23)13-6-4-3-5-7-13;/h3-9,12,16H,10-11,20H2,1-2H3,(H,21,24)(H,22,23);1H. The number of ether oxygens (including phenoxy) is 1. The van der Waals surface area contributed by atoms with E-state index in [2.05, 4.69) is 10.6 Å². The second-order valence-electron chi connectivity index (χ2n) is 5.62. The minimum absolute atomic E-state index is 0. The van der Waals surface area contributed by atoms with Gasteiger partial charge in [-0.05, 0) is 48.8 Å². The Bertz CT molecular complexity index is 759. The largest absolute Gasteiger partial charge is 0.495 e. The number of nitrogens with two attached hydrogens (primary N) is 1. The van der Waals surface area contributed by atoms with Crippen molar-refractivity contribution in [2.24, 2.45) is 0 Å². The number of hydrogen-bond acceptors (Lipinski definition) is 5. The highest BCUT2D eigenvalue weighted by molar-refractivity contribution is 7.98. The highest BCUT2D eigenvalue weighted by Gasteiger charge is 2.21. The number of benzene rings is 2. The number of nitrogen functional groups attached to an aromatic ring is 1. The van der Waals surface area contributed by atoms with Crippen LogP contribution in [0.15, 0.2) is 48.5 Å². The Kier molecular flexibility index (Phi) is 9.53. The second kappa shape index (κ2) is 11.4. The van der Waals surface area contributed by atoms with Crippen LogP contribution in [0.3, 0.4) is 0 Å². The zero-order valence-electron chi connectivity index (χ0n) is 15.2. The van der Waals surface area contributed by atoms with E-state index in [0.29, 0.717) is 29.1 Å². The Hall–Kier alpha value is -2.38. The Morgan fingerprint density at radius 1 is 1.19 bits per heavy atom. The van der Waals surface area contributed by atoms with E-state index in [1.54, 1.807) is 54.2 Å². The number of nitrogens with one attached hydrogen (secondary N) is 2. The lowest BCUT2D eigenvalue weighted by molar-refractivity contribution is -0.118. The van der Waals surface area contributed by atoms with Crippen molar-refractivity contribution < 1.29 is 14.3 Å². The average molecular weight is 410 g/mol. The average Bonchev–Trinajstić information content (AvgIpc) is 2.65. The van der Waals surface area contributed by atoms with E-state index in [9.17, 15) is 9.59 Å². The molecule has 0 bridgehead atoms. The molecule has 0 aliphatic carbocycles. The molecule has 1 unspecified atom stereocenters. The van der Waals surface area contributed by atoms with Gasteiger partial charge in [0.15, 0.2) is 0 Å². The molecular formula is C19H24ClN3O3S. The van der Waals surface area contributed by atoms with Gasteiger partial charge in [-0.15, -0.1) is 12.4 Å². The van der Waals surface area contributed by atoms with Crippen LogP contribution in [-0.4, -0.2) is 37.0 Å². The van der Waals surface area contributed by atoms with Gasteiger partial charge in [0.2, 0.25) is 5.91 Å². The Morgan fingerprint density at radius 3 is 2.48 bits per heavy atom. The lowest BCUT2D eigenvalue weighted by Gasteiger charge is -2.18. The number of thioether (sulfide) groups is 1. The van der Waals surface area contributed by atoms with Crippen LogP contribution in [0.5, 0.6) is 5.75 Å². The Morgan fingerprint density at radius 2 is 1.89 bits per heavy atom. The smallest absolute Gasteiger partial charge is 0.251 e. The number of rotatable bonds is 8. The van der Waals surface area contributed by atoms with Crippen LogP contribution in [0.2, 0.25) is 0 Å². The third kappa shape index (κ3) is 6.69. The van der Waals surface area contributed by atoms with Crippen LogP contribution in [-0.2, 0) is 4.79 Å². The maximum absolute atomic E-state index is 12.6. The highest BCUT2D eigenvalue weighted by atomic mass is 35.5. The van der Waals surface area contributed by atoms with E-state index in [1.165, 1.54) is 7.11 Å². The normalized spacial score (nSPS) is 11.0. The molecule has 0 saturated heterocycles. The number of carbonyl (C=O) groups excluding carboxylic acids is 2. The molecule has 6 nitrogen and oxygen atoms in total. The first-order chi connectivity index (χ1) is 12.5. The van der Waals surface area contributed by atoms with E-state index < -0.39 is 6.04 Å². The third-order valence-electron chi connectivity index (χ3n) is 3.77. The first-order valence-corrected chi connectivity index (χ1v) is 9.53. The fourth-order valence-corrected chi connectivity index (χ4v) is 2.85. The van der Waals surface area contributed by atoms with Gasteiger partial charge < -0.3 is 21.1 Å². The van der Waals surface area contributed by atoms with Crippen LogP contribution in [0.25, 0.3) is 0 Å². The quantitative estimate of drug-likeness (QED) is 0.582. The van der Waals surface area contributed by atoms with Crippen molar-refractivity contribution in [3.8, 4) is 5.75 Å². The van der Waals surface area contributed by atoms with Gasteiger partial charge in [0, 0.05) is 11.3 Å². The molecular weight excluding hydrogens is 386 g/mol. The van der Waals surface area contributed by atoms with Crippen molar-refractivity contribution in [2.75, 3.05) is 30.2 Å². The summed E-state index contributed by atoms with van der Waals surface area (Å²) in [5, 5.41) is 5.61. The molecule has 2 amide bonds. The lowest BCUT2D eigenvalue weighted by atomic mass is 10.1. The number of halogens is 1. The molecule has 4 N–H and O–H groups in total. The van der Waals surface area contributed by atoms with Crippen molar-refractivity contribution in [3.63, 3.8) is 0 Å². The summed E-state index contributed by atoms with van der Waals surface area (Å²) in [5.41, 5.74) is 7.37. The molecule has 0 spiro atoms. The Labute approximate surface area is 169 Å². The van der Waals surface area contributed by atoms with Crippen LogP contribution in [0.1, 0.15) is 16.8 Å². The molecule has 0 fully saturated rings. The molecule has 27 heavy (non-hydrogen) atoms. The topological polar surface area (TPSA) is 93.5 Å². The molecule has 0 aliphatic rings. The van der Waals surface area contributed by atoms with Crippen molar-refractivity contribution in [1.29, 1.82) is 0 Å². The molecule has 0 radical (unpaired) electrons. The van der Waals surface area contributed by atoms with Crippen molar-refractivity contribution in [3.05, 3.63) is 54.1 Å². The first kappa shape index (κ1) is 22.7. The van der Waals surface area contributed by atoms with E-state index in [0.717, 1.165) is 5.75 Å². The summed E-state index contributed by atoms with van der Waals surface area (Å²) in [6.07, 6.45) is 2.48. The number of amides is 2. The molecule has 146 valence electrons. The van der Waals surface area contributed by atoms with Crippen molar-refractivity contribution in [2.45, 2.75) is 12.5 Å². The van der Waals surface area contributed by atoms with Gasteiger partial charge in [-0.25, -0.2) is 0 Å². The molecule has 0 heterocycles. The number of anilines is 2. The van der Waals surface area contributed by atoms with Gasteiger partial charge in [0.05, 0.1) is 12.8 Å². The second-order valence-corrected chi connectivity index (χ2v) is 6.61. The molecule has 0 saturated carbocycles. The van der Waals surface area contributed by atoms with Crippen molar-refractivity contribution >= 4 is 47.4 Å². The van der Waals surface area contributed by atoms with Crippen LogP contribution in [0.4, 0.5) is 11.4 Å². The van der Waals surface area contributed by atoms with E-state index in [-0.39, 0.29) is 24.2 Å². The molecule has 1 atom stereocenters.